The van der Waals surface area contributed by atoms with E-state index in [2.05, 4.69) is 78.9 Å². The molecule has 0 spiro atoms. The first kappa shape index (κ1) is 32.4. The minimum Gasteiger partial charge on any atom is -0.492 e. The van der Waals surface area contributed by atoms with Crippen molar-refractivity contribution in [2.24, 2.45) is 5.92 Å². The van der Waals surface area contributed by atoms with Crippen LogP contribution in [0.4, 0.5) is 0 Å². The number of rotatable bonds is 9. The molecule has 5 heterocycles. The molecule has 3 aromatic carbocycles. The summed E-state index contributed by atoms with van der Waals surface area (Å²) < 4.78 is 33.6. The maximum atomic E-state index is 6.92. The van der Waals surface area contributed by atoms with E-state index in [1.807, 2.05) is 18.3 Å². The van der Waals surface area contributed by atoms with Crippen LogP contribution in [0.2, 0.25) is 0 Å². The molecule has 49 heavy (non-hydrogen) atoms. The second kappa shape index (κ2) is 14.2. The number of fused-ring (bicyclic) bond motifs is 2. The Bertz CT molecular complexity index is 1790. The zero-order valence-electron chi connectivity index (χ0n) is 29.1. The van der Waals surface area contributed by atoms with Gasteiger partial charge in [-0.15, -0.1) is 0 Å². The Kier molecular flexibility index (Phi) is 9.36. The van der Waals surface area contributed by atoms with Crippen LogP contribution in [0.3, 0.4) is 0 Å². The highest BCUT2D eigenvalue weighted by Crippen LogP contribution is 2.48. The second-order valence-corrected chi connectivity index (χ2v) is 14.4. The van der Waals surface area contributed by atoms with E-state index in [4.69, 9.17) is 28.8 Å². The SMILES string of the molecule is CC1=C(c2ccc3cnn(C4CCCCO4)c3c2)C(c2ccc(OC[C@H](C)N3CC[C@@H](C)C3)cc2)Oc2ccc(OC3CCCCO3)cc21. The summed E-state index contributed by atoms with van der Waals surface area (Å²) in [5.41, 5.74) is 6.58. The Morgan fingerprint density at radius 1 is 0.898 bits per heavy atom. The average molecular weight is 664 g/mol. The van der Waals surface area contributed by atoms with Crippen LogP contribution in [-0.4, -0.2) is 59.9 Å². The fourth-order valence-electron chi connectivity index (χ4n) is 7.85. The minimum absolute atomic E-state index is 0.0402. The molecule has 1 aromatic heterocycles. The highest BCUT2D eigenvalue weighted by molar-refractivity contribution is 5.97. The van der Waals surface area contributed by atoms with Crippen LogP contribution in [0.25, 0.3) is 22.0 Å². The summed E-state index contributed by atoms with van der Waals surface area (Å²) in [6.45, 7) is 11.3. The number of likely N-dealkylation sites (tertiary alicyclic amines) is 1. The molecule has 8 rings (SSSR count). The number of hydrogen-bond acceptors (Lipinski definition) is 7. The van der Waals surface area contributed by atoms with Crippen LogP contribution in [0.15, 0.2) is 66.9 Å². The van der Waals surface area contributed by atoms with Crippen LogP contribution in [0.5, 0.6) is 17.2 Å². The van der Waals surface area contributed by atoms with E-state index in [1.165, 1.54) is 6.42 Å². The van der Waals surface area contributed by atoms with E-state index in [-0.39, 0.29) is 18.6 Å². The predicted molar refractivity (Wildman–Crippen MR) is 192 cm³/mol. The molecule has 3 saturated heterocycles. The zero-order chi connectivity index (χ0) is 33.3. The summed E-state index contributed by atoms with van der Waals surface area (Å²) >= 11 is 0. The second-order valence-electron chi connectivity index (χ2n) is 14.4. The molecule has 3 fully saturated rings. The molecular formula is C41H49N3O5. The molecular weight excluding hydrogens is 614 g/mol. The zero-order valence-corrected chi connectivity index (χ0v) is 29.1. The highest BCUT2D eigenvalue weighted by atomic mass is 16.7. The van der Waals surface area contributed by atoms with Crippen LogP contribution in [0, 0.1) is 5.92 Å². The lowest BCUT2D eigenvalue weighted by atomic mass is 9.86. The molecule has 4 aliphatic rings. The van der Waals surface area contributed by atoms with Gasteiger partial charge in [0.2, 0.25) is 0 Å². The van der Waals surface area contributed by atoms with Gasteiger partial charge in [0, 0.05) is 42.1 Å². The van der Waals surface area contributed by atoms with Gasteiger partial charge in [0.25, 0.3) is 0 Å². The van der Waals surface area contributed by atoms with Gasteiger partial charge < -0.3 is 23.7 Å². The van der Waals surface area contributed by atoms with Crippen molar-refractivity contribution in [3.8, 4) is 17.2 Å². The summed E-state index contributed by atoms with van der Waals surface area (Å²) in [4.78, 5) is 2.54. The van der Waals surface area contributed by atoms with Crippen LogP contribution in [0.1, 0.15) is 94.7 Å². The van der Waals surface area contributed by atoms with E-state index in [0.29, 0.717) is 12.6 Å². The summed E-state index contributed by atoms with van der Waals surface area (Å²) in [7, 11) is 0. The molecule has 0 amide bonds. The molecule has 0 bridgehead atoms. The van der Waals surface area contributed by atoms with Gasteiger partial charge >= 0.3 is 0 Å². The number of aromatic nitrogens is 2. The summed E-state index contributed by atoms with van der Waals surface area (Å²) in [5.74, 6) is 3.29. The smallest absolute Gasteiger partial charge is 0.199 e. The molecule has 4 aliphatic heterocycles. The lowest BCUT2D eigenvalue weighted by molar-refractivity contribution is -0.105. The van der Waals surface area contributed by atoms with Crippen molar-refractivity contribution < 1.29 is 23.7 Å². The molecule has 0 radical (unpaired) electrons. The number of nitrogens with zero attached hydrogens (tertiary/aromatic N) is 3. The van der Waals surface area contributed by atoms with Crippen molar-refractivity contribution in [3.63, 3.8) is 0 Å². The first-order valence-electron chi connectivity index (χ1n) is 18.4. The third kappa shape index (κ3) is 6.83. The maximum Gasteiger partial charge on any atom is 0.199 e. The Labute approximate surface area is 289 Å². The van der Waals surface area contributed by atoms with E-state index in [9.17, 15) is 0 Å². The fraction of sp³-hybridized carbons (Fsp3) is 0.488. The van der Waals surface area contributed by atoms with Crippen molar-refractivity contribution in [3.05, 3.63) is 83.6 Å². The Morgan fingerprint density at radius 2 is 1.71 bits per heavy atom. The minimum atomic E-state index is -0.306. The predicted octanol–water partition coefficient (Wildman–Crippen LogP) is 8.81. The summed E-state index contributed by atoms with van der Waals surface area (Å²) in [6, 6.07) is 21.6. The van der Waals surface area contributed by atoms with Gasteiger partial charge in [0.1, 0.15) is 30.0 Å². The maximum absolute atomic E-state index is 6.92. The molecule has 4 aromatic rings. The molecule has 0 saturated carbocycles. The van der Waals surface area contributed by atoms with Crippen molar-refractivity contribution in [1.29, 1.82) is 0 Å². The van der Waals surface area contributed by atoms with Gasteiger partial charge in [-0.05, 0) is 118 Å². The van der Waals surface area contributed by atoms with Gasteiger partial charge in [0.05, 0.1) is 18.3 Å². The van der Waals surface area contributed by atoms with Gasteiger partial charge in [-0.3, -0.25) is 4.90 Å². The van der Waals surface area contributed by atoms with Crippen LogP contribution in [-0.2, 0) is 9.47 Å². The van der Waals surface area contributed by atoms with Gasteiger partial charge in [0.15, 0.2) is 12.5 Å². The monoisotopic (exact) mass is 663 g/mol. The van der Waals surface area contributed by atoms with Gasteiger partial charge in [-0.25, -0.2) is 4.68 Å². The molecule has 8 nitrogen and oxygen atoms in total. The first-order chi connectivity index (χ1) is 24.0. The van der Waals surface area contributed by atoms with Crippen molar-refractivity contribution in [2.75, 3.05) is 32.9 Å². The molecule has 8 heteroatoms. The van der Waals surface area contributed by atoms with E-state index < -0.39 is 0 Å². The van der Waals surface area contributed by atoms with E-state index >= 15 is 0 Å². The summed E-state index contributed by atoms with van der Waals surface area (Å²) in [5, 5.41) is 5.88. The van der Waals surface area contributed by atoms with Crippen LogP contribution >= 0.6 is 0 Å². The number of allylic oxidation sites excluding steroid dienone is 1. The third-order valence-corrected chi connectivity index (χ3v) is 10.8. The molecule has 0 N–H and O–H groups in total. The molecule has 258 valence electrons. The average Bonchev–Trinajstić information content (AvgIpc) is 3.78. The topological polar surface area (TPSA) is 67.2 Å². The quantitative estimate of drug-likeness (QED) is 0.177. The molecule has 3 unspecified atom stereocenters. The summed E-state index contributed by atoms with van der Waals surface area (Å²) in [6.07, 6.45) is 9.00. The molecule has 5 atom stereocenters. The Hall–Kier alpha value is -3.85. The highest BCUT2D eigenvalue weighted by Gasteiger charge is 2.31. The molecule has 0 aliphatic carbocycles. The Morgan fingerprint density at radius 3 is 2.47 bits per heavy atom. The van der Waals surface area contributed by atoms with Gasteiger partial charge in [-0.2, -0.15) is 5.10 Å². The standard InChI is InChI=1S/C41H49N3O5/c1-27-18-19-43(25-27)28(2)26-47-33-14-12-30(13-15-33)41-40(31-10-11-32-24-42-44(36(32)22-31)38-8-4-6-20-45-38)29(3)35-23-34(16-17-37(35)49-41)48-39-9-5-7-21-46-39/h10-17,22-24,27-28,38-39,41H,4-9,18-21,25-26H2,1-3H3/t27-,28+,38?,39?,41?/m1/s1. The van der Waals surface area contributed by atoms with Gasteiger partial charge in [-0.1, -0.05) is 31.2 Å². The van der Waals surface area contributed by atoms with Crippen molar-refractivity contribution in [2.45, 2.75) is 90.4 Å². The Balaban J connectivity index is 1.12. The normalized spacial score (nSPS) is 25.2. The van der Waals surface area contributed by atoms with E-state index in [0.717, 1.165) is 127 Å². The van der Waals surface area contributed by atoms with Crippen molar-refractivity contribution >= 4 is 22.0 Å². The van der Waals surface area contributed by atoms with Crippen molar-refractivity contribution in [1.82, 2.24) is 14.7 Å². The number of hydrogen-bond donors (Lipinski definition) is 0. The largest absolute Gasteiger partial charge is 0.492 e. The van der Waals surface area contributed by atoms with Crippen LogP contribution < -0.4 is 14.2 Å². The fourth-order valence-corrected chi connectivity index (χ4v) is 7.85. The third-order valence-electron chi connectivity index (χ3n) is 10.8. The van der Waals surface area contributed by atoms with E-state index in [1.54, 1.807) is 0 Å². The number of ether oxygens (including phenoxy) is 5. The first-order valence-corrected chi connectivity index (χ1v) is 18.4. The lowest BCUT2D eigenvalue weighted by Gasteiger charge is -2.32. The lowest BCUT2D eigenvalue weighted by Crippen LogP contribution is -2.35. The number of benzene rings is 3.